The van der Waals surface area contributed by atoms with E-state index in [0.29, 0.717) is 6.54 Å². The summed E-state index contributed by atoms with van der Waals surface area (Å²) < 4.78 is 5.40. The number of aliphatic hydroxyl groups excluding tert-OH is 1. The molecule has 138 valence electrons. The summed E-state index contributed by atoms with van der Waals surface area (Å²) in [5.41, 5.74) is 3.93. The molecule has 2 N–H and O–H groups in total. The molecule has 4 rings (SSSR count). The summed E-state index contributed by atoms with van der Waals surface area (Å²) in [6, 6.07) is 20.6. The zero-order chi connectivity index (χ0) is 19.0. The lowest BCUT2D eigenvalue weighted by atomic mass is 9.98. The van der Waals surface area contributed by atoms with Gasteiger partial charge in [0.2, 0.25) is 0 Å². The van der Waals surface area contributed by atoms with Gasteiger partial charge in [0.1, 0.15) is 5.75 Å². The van der Waals surface area contributed by atoms with Crippen molar-refractivity contribution in [2.75, 3.05) is 27.7 Å². The maximum absolute atomic E-state index is 11.0. The predicted octanol–water partition coefficient (Wildman–Crippen LogP) is 4.59. The van der Waals surface area contributed by atoms with Crippen LogP contribution in [0.25, 0.3) is 32.9 Å². The van der Waals surface area contributed by atoms with Crippen molar-refractivity contribution in [3.8, 4) is 17.0 Å². The Morgan fingerprint density at radius 2 is 1.78 bits per heavy atom. The molecule has 4 aromatic rings. The number of H-pyrrole nitrogens is 1. The molecule has 0 bridgehead atoms. The first-order valence-electron chi connectivity index (χ1n) is 9.08. The van der Waals surface area contributed by atoms with Gasteiger partial charge in [0.15, 0.2) is 0 Å². The number of ether oxygens (including phenoxy) is 1. The van der Waals surface area contributed by atoms with Gasteiger partial charge in [0.05, 0.1) is 18.9 Å². The molecule has 1 unspecified atom stereocenters. The highest BCUT2D eigenvalue weighted by Crippen LogP contribution is 2.37. The standard InChI is InChI=1S/C23H24N2O2/c1-25(2)14-21(26)22-19-13-18(27-3)10-11-20(19)24-23(22)17-9-8-15-6-4-5-7-16(15)12-17/h4-13,21,24,26H,14H2,1-3H3. The smallest absolute Gasteiger partial charge is 0.119 e. The van der Waals surface area contributed by atoms with Gasteiger partial charge in [-0.1, -0.05) is 36.4 Å². The van der Waals surface area contributed by atoms with E-state index in [0.717, 1.165) is 33.5 Å². The van der Waals surface area contributed by atoms with Gasteiger partial charge in [-0.2, -0.15) is 0 Å². The number of hydrogen-bond acceptors (Lipinski definition) is 3. The molecule has 0 saturated carbocycles. The summed E-state index contributed by atoms with van der Waals surface area (Å²) in [5, 5.41) is 14.4. The number of methoxy groups -OCH3 is 1. The summed E-state index contributed by atoms with van der Waals surface area (Å²) in [7, 11) is 5.59. The Kier molecular flexibility index (Phi) is 4.60. The minimum Gasteiger partial charge on any atom is -0.497 e. The molecule has 0 amide bonds. The number of rotatable bonds is 5. The van der Waals surface area contributed by atoms with Crippen molar-refractivity contribution in [2.24, 2.45) is 0 Å². The maximum Gasteiger partial charge on any atom is 0.119 e. The van der Waals surface area contributed by atoms with Crippen LogP contribution < -0.4 is 4.74 Å². The van der Waals surface area contributed by atoms with Crippen LogP contribution >= 0.6 is 0 Å². The minimum atomic E-state index is -0.609. The number of nitrogens with one attached hydrogen (secondary N) is 1. The highest BCUT2D eigenvalue weighted by molar-refractivity contribution is 5.94. The zero-order valence-corrected chi connectivity index (χ0v) is 15.9. The number of benzene rings is 3. The van der Waals surface area contributed by atoms with E-state index in [9.17, 15) is 5.11 Å². The van der Waals surface area contributed by atoms with Crippen LogP contribution in [0.3, 0.4) is 0 Å². The molecule has 0 saturated heterocycles. The molecule has 1 atom stereocenters. The van der Waals surface area contributed by atoms with Crippen LogP contribution in [0.2, 0.25) is 0 Å². The maximum atomic E-state index is 11.0. The monoisotopic (exact) mass is 360 g/mol. The highest BCUT2D eigenvalue weighted by atomic mass is 16.5. The van der Waals surface area contributed by atoms with Crippen LogP contribution in [0.1, 0.15) is 11.7 Å². The Labute approximate surface area is 159 Å². The quantitative estimate of drug-likeness (QED) is 0.547. The molecule has 1 aromatic heterocycles. The van der Waals surface area contributed by atoms with Gasteiger partial charge in [-0.15, -0.1) is 0 Å². The van der Waals surface area contributed by atoms with Gasteiger partial charge < -0.3 is 19.7 Å². The summed E-state index contributed by atoms with van der Waals surface area (Å²) in [5.74, 6) is 0.782. The molecule has 0 aliphatic rings. The zero-order valence-electron chi connectivity index (χ0n) is 15.9. The molecule has 0 aliphatic heterocycles. The number of aromatic nitrogens is 1. The van der Waals surface area contributed by atoms with Gasteiger partial charge in [-0.3, -0.25) is 0 Å². The number of hydrogen-bond donors (Lipinski definition) is 2. The average molecular weight is 360 g/mol. The molecule has 3 aromatic carbocycles. The fourth-order valence-electron chi connectivity index (χ4n) is 3.67. The lowest BCUT2D eigenvalue weighted by Gasteiger charge is -2.18. The normalized spacial score (nSPS) is 12.8. The summed E-state index contributed by atoms with van der Waals surface area (Å²) in [6.45, 7) is 0.546. The van der Waals surface area contributed by atoms with Crippen molar-refractivity contribution in [3.05, 3.63) is 66.2 Å². The van der Waals surface area contributed by atoms with Gasteiger partial charge >= 0.3 is 0 Å². The largest absolute Gasteiger partial charge is 0.497 e. The number of aromatic amines is 1. The second-order valence-electron chi connectivity index (χ2n) is 7.17. The Hall–Kier alpha value is -2.82. The molecule has 27 heavy (non-hydrogen) atoms. The van der Waals surface area contributed by atoms with E-state index in [4.69, 9.17) is 4.74 Å². The molecule has 0 radical (unpaired) electrons. The first-order valence-corrected chi connectivity index (χ1v) is 9.08. The Balaban J connectivity index is 1.94. The summed E-state index contributed by atoms with van der Waals surface area (Å²) in [6.07, 6.45) is -0.609. The molecule has 1 heterocycles. The van der Waals surface area contributed by atoms with Crippen LogP contribution in [0.4, 0.5) is 0 Å². The van der Waals surface area contributed by atoms with Crippen LogP contribution in [0.15, 0.2) is 60.7 Å². The fraction of sp³-hybridized carbons (Fsp3) is 0.217. The second kappa shape index (κ2) is 7.06. The van der Waals surface area contributed by atoms with Crippen molar-refractivity contribution in [2.45, 2.75) is 6.10 Å². The third kappa shape index (κ3) is 3.29. The number of aliphatic hydroxyl groups is 1. The topological polar surface area (TPSA) is 48.5 Å². The van der Waals surface area contributed by atoms with E-state index in [-0.39, 0.29) is 0 Å². The van der Waals surface area contributed by atoms with Gasteiger partial charge in [-0.05, 0) is 54.7 Å². The number of likely N-dealkylation sites (N-methyl/N-ethyl adjacent to an activating group) is 1. The molecule has 4 heteroatoms. The number of fused-ring (bicyclic) bond motifs is 2. The van der Waals surface area contributed by atoms with Crippen molar-refractivity contribution < 1.29 is 9.84 Å². The Morgan fingerprint density at radius 3 is 2.52 bits per heavy atom. The fourth-order valence-corrected chi connectivity index (χ4v) is 3.67. The van der Waals surface area contributed by atoms with E-state index in [1.165, 1.54) is 10.8 Å². The molecular weight excluding hydrogens is 336 g/mol. The first kappa shape index (κ1) is 17.6. The van der Waals surface area contributed by atoms with Crippen molar-refractivity contribution in [1.82, 2.24) is 9.88 Å². The highest BCUT2D eigenvalue weighted by Gasteiger charge is 2.21. The SMILES string of the molecule is COc1ccc2[nH]c(-c3ccc4ccccc4c3)c(C(O)CN(C)C)c2c1. The molecular formula is C23H24N2O2. The van der Waals surface area contributed by atoms with Crippen LogP contribution in [-0.2, 0) is 0 Å². The van der Waals surface area contributed by atoms with Crippen LogP contribution in [0.5, 0.6) is 5.75 Å². The van der Waals surface area contributed by atoms with Crippen molar-refractivity contribution >= 4 is 21.7 Å². The summed E-state index contributed by atoms with van der Waals surface area (Å²) >= 11 is 0. The van der Waals surface area contributed by atoms with E-state index in [1.807, 2.05) is 49.3 Å². The molecule has 0 aliphatic carbocycles. The lowest BCUT2D eigenvalue weighted by molar-refractivity contribution is 0.140. The Bertz CT molecular complexity index is 1100. The molecule has 0 spiro atoms. The van der Waals surface area contributed by atoms with E-state index >= 15 is 0 Å². The van der Waals surface area contributed by atoms with Gasteiger partial charge in [-0.25, -0.2) is 0 Å². The average Bonchev–Trinajstić information content (AvgIpc) is 3.05. The summed E-state index contributed by atoms with van der Waals surface area (Å²) in [4.78, 5) is 5.51. The predicted molar refractivity (Wildman–Crippen MR) is 111 cm³/mol. The van der Waals surface area contributed by atoms with Gasteiger partial charge in [0.25, 0.3) is 0 Å². The molecule has 4 nitrogen and oxygen atoms in total. The third-order valence-corrected chi connectivity index (χ3v) is 4.96. The van der Waals surface area contributed by atoms with Gasteiger partial charge in [0, 0.05) is 23.0 Å². The molecule has 0 fully saturated rings. The Morgan fingerprint density at radius 1 is 1.00 bits per heavy atom. The minimum absolute atomic E-state index is 0.546. The van der Waals surface area contributed by atoms with Crippen LogP contribution in [0, 0.1) is 0 Å². The number of nitrogens with zero attached hydrogens (tertiary/aromatic N) is 1. The van der Waals surface area contributed by atoms with E-state index < -0.39 is 6.10 Å². The third-order valence-electron chi connectivity index (χ3n) is 4.96. The van der Waals surface area contributed by atoms with Crippen LogP contribution in [-0.4, -0.2) is 42.7 Å². The lowest BCUT2D eigenvalue weighted by Crippen LogP contribution is -2.20. The van der Waals surface area contributed by atoms with Crippen molar-refractivity contribution in [1.29, 1.82) is 0 Å². The van der Waals surface area contributed by atoms with Crippen molar-refractivity contribution in [3.63, 3.8) is 0 Å². The van der Waals surface area contributed by atoms with E-state index in [2.05, 4.69) is 35.3 Å². The first-order chi connectivity index (χ1) is 13.1. The second-order valence-corrected chi connectivity index (χ2v) is 7.17. The van der Waals surface area contributed by atoms with E-state index in [1.54, 1.807) is 7.11 Å².